The first-order chi connectivity index (χ1) is 33.0. The summed E-state index contributed by atoms with van der Waals surface area (Å²) in [7, 11) is 1.24. The lowest BCUT2D eigenvalue weighted by Crippen LogP contribution is -2.45. The maximum atomic E-state index is 13.0. The fourth-order valence-corrected chi connectivity index (χ4v) is 9.14. The lowest BCUT2D eigenvalue weighted by atomic mass is 10.0. The van der Waals surface area contributed by atoms with Crippen molar-refractivity contribution in [2.24, 2.45) is 0 Å². The molecule has 0 fully saturated rings. The Kier molecular flexibility index (Phi) is 49.3. The van der Waals surface area contributed by atoms with Gasteiger partial charge in [-0.25, -0.2) is 0 Å². The summed E-state index contributed by atoms with van der Waals surface area (Å²) in [4.78, 5) is 25.5. The average molecular weight is 978 g/mol. The minimum absolute atomic E-state index is 0.0103. The first-order valence-electron chi connectivity index (χ1n) is 29.0. The molecule has 0 saturated carbocycles. The van der Waals surface area contributed by atoms with Crippen molar-refractivity contribution in [3.8, 4) is 0 Å². The number of carbonyl (C=O) groups is 1. The second kappa shape index (κ2) is 50.4. The van der Waals surface area contributed by atoms with E-state index >= 15 is 0 Å². The quantitative estimate of drug-likeness (QED) is 0.0272. The van der Waals surface area contributed by atoms with Crippen LogP contribution in [0.2, 0.25) is 0 Å². The molecule has 0 aromatic heterocycles. The molecule has 0 aromatic rings. The van der Waals surface area contributed by atoms with Gasteiger partial charge in [0, 0.05) is 6.42 Å². The van der Waals surface area contributed by atoms with Crippen LogP contribution in [0.1, 0.15) is 271 Å². The number of carbonyl (C=O) groups excluding carboxylic acids is 1. The standard InChI is InChI=1S/C59H113N2O6P/c1-6-8-10-12-14-16-18-20-22-24-26-28-30-31-32-34-36-38-40-42-44-46-48-50-52-58(62)57(56-67-68(64,65)66-55-54-61(3,4)5)60-59(63)53-51-49-47-45-43-41-39-37-35-33-29-27-25-23-21-19-17-15-13-11-9-7-2/h33-36,42,44,50,52,57-58,62H,6-32,37-41,43,45-49,51,53-56H2,1-5H3,(H-,60,63,64,65)/b35-33-,36-34+,44-42+,52-50+. The molecule has 0 saturated heterocycles. The van der Waals surface area contributed by atoms with E-state index in [1.165, 1.54) is 205 Å². The third kappa shape index (κ3) is 52.3. The van der Waals surface area contributed by atoms with Gasteiger partial charge in [0.25, 0.3) is 7.82 Å². The fourth-order valence-electron chi connectivity index (χ4n) is 8.42. The number of likely N-dealkylation sites (N-methyl/N-ethyl adjacent to an activating group) is 1. The maximum Gasteiger partial charge on any atom is 0.268 e. The second-order valence-electron chi connectivity index (χ2n) is 21.0. The lowest BCUT2D eigenvalue weighted by Gasteiger charge is -2.29. The lowest BCUT2D eigenvalue weighted by molar-refractivity contribution is -0.870. The molecule has 0 bridgehead atoms. The Balaban J connectivity index is 4.30. The number of phosphoric acid groups is 1. The van der Waals surface area contributed by atoms with Crippen LogP contribution < -0.4 is 10.2 Å². The van der Waals surface area contributed by atoms with Crippen molar-refractivity contribution in [1.82, 2.24) is 5.32 Å². The van der Waals surface area contributed by atoms with Crippen LogP contribution in [0.15, 0.2) is 48.6 Å². The van der Waals surface area contributed by atoms with Gasteiger partial charge in [-0.05, 0) is 70.6 Å². The number of aliphatic hydroxyl groups is 1. The van der Waals surface area contributed by atoms with E-state index in [0.29, 0.717) is 17.4 Å². The second-order valence-corrected chi connectivity index (χ2v) is 22.4. The molecule has 0 aliphatic heterocycles. The van der Waals surface area contributed by atoms with Crippen molar-refractivity contribution in [1.29, 1.82) is 0 Å². The Morgan fingerprint density at radius 1 is 0.500 bits per heavy atom. The number of allylic oxidation sites excluding steroid dienone is 7. The van der Waals surface area contributed by atoms with Crippen molar-refractivity contribution in [2.75, 3.05) is 40.9 Å². The summed E-state index contributed by atoms with van der Waals surface area (Å²) in [5.74, 6) is -0.214. The van der Waals surface area contributed by atoms with Crippen molar-refractivity contribution in [2.45, 2.75) is 283 Å². The average Bonchev–Trinajstić information content (AvgIpc) is 3.30. The third-order valence-electron chi connectivity index (χ3n) is 13.0. The largest absolute Gasteiger partial charge is 0.756 e. The number of unbranched alkanes of at least 4 members (excludes halogenated alkanes) is 34. The van der Waals surface area contributed by atoms with Gasteiger partial charge < -0.3 is 28.8 Å². The highest BCUT2D eigenvalue weighted by atomic mass is 31.2. The molecule has 0 aliphatic rings. The van der Waals surface area contributed by atoms with Crippen LogP contribution in [0.5, 0.6) is 0 Å². The molecule has 2 N–H and O–H groups in total. The fraction of sp³-hybridized carbons (Fsp3) is 0.847. The first-order valence-corrected chi connectivity index (χ1v) is 30.5. The normalized spacial score (nSPS) is 14.3. The van der Waals surface area contributed by atoms with E-state index in [-0.39, 0.29) is 12.5 Å². The molecule has 3 atom stereocenters. The van der Waals surface area contributed by atoms with Crippen LogP contribution in [0.25, 0.3) is 0 Å². The minimum Gasteiger partial charge on any atom is -0.756 e. The first kappa shape index (κ1) is 66.5. The molecule has 0 aliphatic carbocycles. The van der Waals surface area contributed by atoms with E-state index in [0.717, 1.165) is 44.9 Å². The maximum absolute atomic E-state index is 13.0. The molecule has 8 nitrogen and oxygen atoms in total. The van der Waals surface area contributed by atoms with Gasteiger partial charge in [0.15, 0.2) is 0 Å². The van der Waals surface area contributed by atoms with Gasteiger partial charge in [-0.15, -0.1) is 0 Å². The molecule has 400 valence electrons. The zero-order chi connectivity index (χ0) is 49.9. The van der Waals surface area contributed by atoms with Gasteiger partial charge in [-0.1, -0.05) is 242 Å². The molecule has 9 heteroatoms. The van der Waals surface area contributed by atoms with E-state index in [1.807, 2.05) is 27.2 Å². The highest BCUT2D eigenvalue weighted by Gasteiger charge is 2.23. The Labute approximate surface area is 422 Å². The Bertz CT molecular complexity index is 1250. The van der Waals surface area contributed by atoms with Crippen LogP contribution >= 0.6 is 7.82 Å². The van der Waals surface area contributed by atoms with E-state index in [9.17, 15) is 19.4 Å². The Morgan fingerprint density at radius 3 is 1.19 bits per heavy atom. The van der Waals surface area contributed by atoms with E-state index < -0.39 is 26.6 Å². The summed E-state index contributed by atoms with van der Waals surface area (Å²) >= 11 is 0. The number of aliphatic hydroxyl groups excluding tert-OH is 1. The SMILES string of the molecule is CCCCCCCCCCCCC/C=C\CCCCCCCCCC(=O)NC(COP(=O)([O-])OCC[N+](C)(C)C)C(O)/C=C/CC/C=C/CC/C=C/CCCCCCCCCCCCCCCC. The van der Waals surface area contributed by atoms with Crippen molar-refractivity contribution in [3.05, 3.63) is 48.6 Å². The molecular formula is C59H113N2O6P. The number of nitrogens with one attached hydrogen (secondary N) is 1. The number of amides is 1. The summed E-state index contributed by atoms with van der Waals surface area (Å²) in [5.41, 5.74) is 0. The summed E-state index contributed by atoms with van der Waals surface area (Å²) in [6.45, 7) is 4.65. The van der Waals surface area contributed by atoms with Crippen molar-refractivity contribution in [3.63, 3.8) is 0 Å². The molecule has 1 amide bonds. The van der Waals surface area contributed by atoms with Crippen LogP contribution in [-0.2, 0) is 18.4 Å². The molecule has 0 aromatic carbocycles. The molecule has 0 radical (unpaired) electrons. The van der Waals surface area contributed by atoms with Crippen molar-refractivity contribution >= 4 is 13.7 Å². The third-order valence-corrected chi connectivity index (χ3v) is 14.0. The molecule has 0 heterocycles. The van der Waals surface area contributed by atoms with Gasteiger partial charge in [-0.3, -0.25) is 9.36 Å². The van der Waals surface area contributed by atoms with Crippen LogP contribution in [-0.4, -0.2) is 68.5 Å². The zero-order valence-electron chi connectivity index (χ0n) is 45.6. The molecule has 3 unspecified atom stereocenters. The van der Waals surface area contributed by atoms with Crippen molar-refractivity contribution < 1.29 is 32.9 Å². The van der Waals surface area contributed by atoms with Crippen LogP contribution in [0.4, 0.5) is 0 Å². The van der Waals surface area contributed by atoms with Gasteiger partial charge in [0.1, 0.15) is 13.2 Å². The summed E-state index contributed by atoms with van der Waals surface area (Å²) in [6.07, 6.45) is 66.2. The monoisotopic (exact) mass is 977 g/mol. The number of hydrogen-bond donors (Lipinski definition) is 2. The topological polar surface area (TPSA) is 108 Å². The van der Waals surface area contributed by atoms with Gasteiger partial charge >= 0.3 is 0 Å². The number of hydrogen-bond acceptors (Lipinski definition) is 6. The predicted molar refractivity (Wildman–Crippen MR) is 293 cm³/mol. The van der Waals surface area contributed by atoms with Crippen LogP contribution in [0, 0.1) is 0 Å². The highest BCUT2D eigenvalue weighted by molar-refractivity contribution is 7.45. The summed E-state index contributed by atoms with van der Waals surface area (Å²) in [6, 6.07) is -0.913. The molecule has 0 spiro atoms. The number of rotatable bonds is 53. The summed E-state index contributed by atoms with van der Waals surface area (Å²) < 4.78 is 23.3. The van der Waals surface area contributed by atoms with Crippen LogP contribution in [0.3, 0.4) is 0 Å². The zero-order valence-corrected chi connectivity index (χ0v) is 46.5. The number of quaternary nitrogens is 1. The Morgan fingerprint density at radius 2 is 0.824 bits per heavy atom. The highest BCUT2D eigenvalue weighted by Crippen LogP contribution is 2.38. The smallest absolute Gasteiger partial charge is 0.268 e. The molecule has 0 rings (SSSR count). The van der Waals surface area contributed by atoms with E-state index in [2.05, 4.69) is 55.6 Å². The van der Waals surface area contributed by atoms with Gasteiger partial charge in [-0.2, -0.15) is 0 Å². The number of nitrogens with zero attached hydrogens (tertiary/aromatic N) is 1. The van der Waals surface area contributed by atoms with Gasteiger partial charge in [0.05, 0.1) is 39.9 Å². The van der Waals surface area contributed by atoms with Gasteiger partial charge in [0.2, 0.25) is 5.91 Å². The minimum atomic E-state index is -4.61. The number of phosphoric ester groups is 1. The van der Waals surface area contributed by atoms with E-state index in [1.54, 1.807) is 6.08 Å². The molecular weight excluding hydrogens is 864 g/mol. The summed E-state index contributed by atoms with van der Waals surface area (Å²) in [5, 5.41) is 13.9. The predicted octanol–water partition coefficient (Wildman–Crippen LogP) is 16.9. The van der Waals surface area contributed by atoms with E-state index in [4.69, 9.17) is 9.05 Å². The Hall–Kier alpha value is -1.54. The molecule has 68 heavy (non-hydrogen) atoms.